The molecule has 0 radical (unpaired) electrons. The van der Waals surface area contributed by atoms with Crippen molar-refractivity contribution >= 4 is 17.5 Å². The Morgan fingerprint density at radius 2 is 2.00 bits per heavy atom. The monoisotopic (exact) mass is 399 g/mol. The molecule has 28 heavy (non-hydrogen) atoms. The number of aryl methyl sites for hydroxylation is 2. The summed E-state index contributed by atoms with van der Waals surface area (Å²) in [6, 6.07) is 13.9. The van der Waals surface area contributed by atoms with Gasteiger partial charge in [0.2, 0.25) is 5.91 Å². The molecule has 4 rings (SSSR count). The summed E-state index contributed by atoms with van der Waals surface area (Å²) in [5, 5.41) is 0.656. The first-order valence-corrected chi connectivity index (χ1v) is 10.4. The molecule has 2 aliphatic rings. The van der Waals surface area contributed by atoms with Crippen molar-refractivity contribution in [3.63, 3.8) is 0 Å². The molecule has 0 aromatic heterocycles. The molecular weight excluding hydrogens is 374 g/mol. The Kier molecular flexibility index (Phi) is 6.18. The van der Waals surface area contributed by atoms with E-state index in [1.165, 1.54) is 30.4 Å². The minimum absolute atomic E-state index is 0.101. The number of carbonyl (C=O) groups is 1. The largest absolute Gasteiger partial charge is 0.491 e. The van der Waals surface area contributed by atoms with E-state index in [0.29, 0.717) is 37.7 Å². The van der Waals surface area contributed by atoms with Gasteiger partial charge >= 0.3 is 0 Å². The Bertz CT molecular complexity index is 838. The molecule has 1 saturated heterocycles. The second-order valence-corrected chi connectivity index (χ2v) is 8.02. The maximum atomic E-state index is 12.6. The third kappa shape index (κ3) is 4.86. The molecule has 1 unspecified atom stereocenters. The van der Waals surface area contributed by atoms with Gasteiger partial charge in [-0.25, -0.2) is 0 Å². The Labute approximate surface area is 171 Å². The van der Waals surface area contributed by atoms with Crippen molar-refractivity contribution in [2.75, 3.05) is 26.3 Å². The predicted octanol–water partition coefficient (Wildman–Crippen LogP) is 4.07. The van der Waals surface area contributed by atoms with Gasteiger partial charge in [-0.3, -0.25) is 4.79 Å². The van der Waals surface area contributed by atoms with Gasteiger partial charge in [-0.15, -0.1) is 0 Å². The van der Waals surface area contributed by atoms with Crippen molar-refractivity contribution in [3.8, 4) is 5.75 Å². The Balaban J connectivity index is 1.30. The second-order valence-electron chi connectivity index (χ2n) is 7.59. The van der Waals surface area contributed by atoms with Crippen LogP contribution in [0.1, 0.15) is 29.5 Å². The fourth-order valence-corrected chi connectivity index (χ4v) is 4.18. The average Bonchev–Trinajstić information content (AvgIpc) is 2.72. The van der Waals surface area contributed by atoms with Gasteiger partial charge in [-0.05, 0) is 66.6 Å². The van der Waals surface area contributed by atoms with Gasteiger partial charge in [-0.1, -0.05) is 29.8 Å². The van der Waals surface area contributed by atoms with E-state index in [1.807, 2.05) is 29.2 Å². The van der Waals surface area contributed by atoms with Gasteiger partial charge in [0.25, 0.3) is 0 Å². The molecule has 5 heteroatoms. The summed E-state index contributed by atoms with van der Waals surface area (Å²) in [4.78, 5) is 14.5. The molecule has 0 bridgehead atoms. The summed E-state index contributed by atoms with van der Waals surface area (Å²) in [5.74, 6) is 0.996. The highest BCUT2D eigenvalue weighted by atomic mass is 35.5. The lowest BCUT2D eigenvalue weighted by molar-refractivity contribution is -0.139. The highest BCUT2D eigenvalue weighted by Gasteiger charge is 2.25. The molecule has 1 fully saturated rings. The summed E-state index contributed by atoms with van der Waals surface area (Å²) in [6.45, 7) is 2.18. The smallest absolute Gasteiger partial charge is 0.227 e. The number of fused-ring (bicyclic) bond motifs is 1. The normalized spacial score (nSPS) is 19.2. The van der Waals surface area contributed by atoms with Gasteiger partial charge in [0.1, 0.15) is 18.5 Å². The maximum absolute atomic E-state index is 12.6. The van der Waals surface area contributed by atoms with Crippen LogP contribution in [-0.4, -0.2) is 43.2 Å². The third-order valence-electron chi connectivity index (χ3n) is 5.49. The van der Waals surface area contributed by atoms with Crippen LogP contribution in [-0.2, 0) is 28.8 Å². The van der Waals surface area contributed by atoms with E-state index >= 15 is 0 Å². The summed E-state index contributed by atoms with van der Waals surface area (Å²) in [6.07, 6.45) is 5.10. The molecule has 1 aliphatic heterocycles. The minimum Gasteiger partial charge on any atom is -0.491 e. The number of rotatable bonds is 5. The quantitative estimate of drug-likeness (QED) is 0.760. The van der Waals surface area contributed by atoms with Gasteiger partial charge in [0, 0.05) is 11.6 Å². The zero-order valence-corrected chi connectivity index (χ0v) is 16.8. The van der Waals surface area contributed by atoms with Crippen molar-refractivity contribution in [2.24, 2.45) is 0 Å². The SMILES string of the molecule is O=C(Cc1cccc(Cl)c1)N1CCOC(COc2ccc3c(c2)CCCC3)C1. The predicted molar refractivity (Wildman–Crippen MR) is 110 cm³/mol. The lowest BCUT2D eigenvalue weighted by Crippen LogP contribution is -2.48. The first-order valence-electron chi connectivity index (χ1n) is 10.1. The highest BCUT2D eigenvalue weighted by Crippen LogP contribution is 2.25. The number of ether oxygens (including phenoxy) is 2. The van der Waals surface area contributed by atoms with Gasteiger partial charge in [0.05, 0.1) is 19.6 Å². The van der Waals surface area contributed by atoms with Crippen LogP contribution < -0.4 is 4.74 Å². The van der Waals surface area contributed by atoms with Crippen LogP contribution in [0.4, 0.5) is 0 Å². The van der Waals surface area contributed by atoms with Crippen molar-refractivity contribution in [3.05, 3.63) is 64.2 Å². The zero-order valence-electron chi connectivity index (χ0n) is 16.0. The van der Waals surface area contributed by atoms with Crippen molar-refractivity contribution in [1.82, 2.24) is 4.90 Å². The van der Waals surface area contributed by atoms with Crippen molar-refractivity contribution in [1.29, 1.82) is 0 Å². The van der Waals surface area contributed by atoms with Gasteiger partial charge in [-0.2, -0.15) is 0 Å². The molecule has 1 amide bonds. The molecule has 0 saturated carbocycles. The molecule has 0 spiro atoms. The van der Waals surface area contributed by atoms with Crippen LogP contribution in [0.15, 0.2) is 42.5 Å². The van der Waals surface area contributed by atoms with E-state index in [-0.39, 0.29) is 12.0 Å². The first-order chi connectivity index (χ1) is 13.7. The maximum Gasteiger partial charge on any atom is 0.227 e. The van der Waals surface area contributed by atoms with Crippen molar-refractivity contribution in [2.45, 2.75) is 38.2 Å². The lowest BCUT2D eigenvalue weighted by atomic mass is 9.92. The number of carbonyl (C=O) groups excluding carboxylic acids is 1. The topological polar surface area (TPSA) is 38.8 Å². The van der Waals surface area contributed by atoms with E-state index in [9.17, 15) is 4.79 Å². The van der Waals surface area contributed by atoms with Gasteiger partial charge < -0.3 is 14.4 Å². The fourth-order valence-electron chi connectivity index (χ4n) is 3.97. The van der Waals surface area contributed by atoms with E-state index in [1.54, 1.807) is 0 Å². The highest BCUT2D eigenvalue weighted by molar-refractivity contribution is 6.30. The first kappa shape index (κ1) is 19.3. The number of amides is 1. The molecule has 1 aliphatic carbocycles. The van der Waals surface area contributed by atoms with Crippen LogP contribution in [0, 0.1) is 0 Å². The van der Waals surface area contributed by atoms with E-state index < -0.39 is 0 Å². The molecular formula is C23H26ClNO3. The van der Waals surface area contributed by atoms with E-state index in [4.69, 9.17) is 21.1 Å². The van der Waals surface area contributed by atoms with Crippen LogP contribution in [0.3, 0.4) is 0 Å². The summed E-state index contributed by atoms with van der Waals surface area (Å²) in [7, 11) is 0. The molecule has 2 aromatic rings. The van der Waals surface area contributed by atoms with Crippen LogP contribution in [0.25, 0.3) is 0 Å². The minimum atomic E-state index is -0.104. The van der Waals surface area contributed by atoms with Gasteiger partial charge in [0.15, 0.2) is 0 Å². The zero-order chi connectivity index (χ0) is 19.3. The summed E-state index contributed by atoms with van der Waals surface area (Å²) < 4.78 is 11.8. The number of nitrogens with zero attached hydrogens (tertiary/aromatic N) is 1. The number of benzene rings is 2. The molecule has 1 heterocycles. The summed E-state index contributed by atoms with van der Waals surface area (Å²) >= 11 is 6.02. The molecule has 2 aromatic carbocycles. The summed E-state index contributed by atoms with van der Waals surface area (Å²) in [5.41, 5.74) is 3.79. The van der Waals surface area contributed by atoms with E-state index in [0.717, 1.165) is 17.7 Å². The van der Waals surface area contributed by atoms with Crippen LogP contribution in [0.2, 0.25) is 5.02 Å². The average molecular weight is 400 g/mol. The number of morpholine rings is 1. The van der Waals surface area contributed by atoms with Crippen molar-refractivity contribution < 1.29 is 14.3 Å². The Hall–Kier alpha value is -2.04. The molecule has 4 nitrogen and oxygen atoms in total. The Morgan fingerprint density at radius 1 is 1.14 bits per heavy atom. The fraction of sp³-hybridized carbons (Fsp3) is 0.435. The van der Waals surface area contributed by atoms with Crippen LogP contribution in [0.5, 0.6) is 5.75 Å². The second kappa shape index (κ2) is 8.97. The molecule has 1 atom stereocenters. The molecule has 148 valence electrons. The number of hydrogen-bond donors (Lipinski definition) is 0. The number of halogens is 1. The standard InChI is InChI=1S/C23H26ClNO3/c24-20-7-3-4-17(12-20)13-23(26)25-10-11-27-22(15-25)16-28-21-9-8-18-5-1-2-6-19(18)14-21/h3-4,7-9,12,14,22H,1-2,5-6,10-11,13,15-16H2. The number of hydrogen-bond acceptors (Lipinski definition) is 3. The lowest BCUT2D eigenvalue weighted by Gasteiger charge is -2.33. The van der Waals surface area contributed by atoms with Crippen LogP contribution >= 0.6 is 11.6 Å². The Morgan fingerprint density at radius 3 is 2.86 bits per heavy atom. The third-order valence-corrected chi connectivity index (χ3v) is 5.73. The van der Waals surface area contributed by atoms with E-state index in [2.05, 4.69) is 18.2 Å². The molecule has 0 N–H and O–H groups in total.